The lowest BCUT2D eigenvalue weighted by atomic mass is 9.50. The number of rotatable bonds is 1. The molecule has 3 nitrogen and oxygen atoms in total. The summed E-state index contributed by atoms with van der Waals surface area (Å²) in [6.07, 6.45) is 21.3. The van der Waals surface area contributed by atoms with Crippen molar-refractivity contribution in [1.29, 1.82) is 0 Å². The van der Waals surface area contributed by atoms with Gasteiger partial charge in [0, 0.05) is 6.61 Å². The van der Waals surface area contributed by atoms with E-state index in [1.807, 2.05) is 0 Å². The molecule has 30 heavy (non-hydrogen) atoms. The third-order valence-electron chi connectivity index (χ3n) is 10.3. The molecule has 9 fully saturated rings. The average molecular weight is 419 g/mol. The van der Waals surface area contributed by atoms with Crippen LogP contribution in [0.5, 0.6) is 0 Å². The van der Waals surface area contributed by atoms with Crippen LogP contribution >= 0.6 is 0 Å². The van der Waals surface area contributed by atoms with Crippen LogP contribution in [0.1, 0.15) is 103 Å². The molecule has 172 valence electrons. The fourth-order valence-corrected chi connectivity index (χ4v) is 9.46. The molecular formula is C27H46O3. The van der Waals surface area contributed by atoms with Crippen molar-refractivity contribution in [3.63, 3.8) is 0 Å². The second kappa shape index (κ2) is 9.02. The van der Waals surface area contributed by atoms with Crippen molar-refractivity contribution in [2.24, 2.45) is 46.8 Å². The molecule has 9 rings (SSSR count). The standard InChI is InChI=1S/C11H18O.C10H16O.C6H12O/c12-7-11-4-8-1-9(5-11)3-10(2-8)6-11;11-10-8-2-6-1-7(4-8)5-9(10)3-6;7-6-4-2-1-3-5-6/h8-10,12H,1-7H2;6-11H,1-5H2;6-7H,1-5H2. The van der Waals surface area contributed by atoms with Gasteiger partial charge in [-0.1, -0.05) is 19.3 Å². The van der Waals surface area contributed by atoms with Crippen molar-refractivity contribution >= 4 is 0 Å². The Morgan fingerprint density at radius 3 is 1.37 bits per heavy atom. The molecule has 9 aliphatic carbocycles. The normalized spacial score (nSPS) is 50.5. The van der Waals surface area contributed by atoms with Gasteiger partial charge in [-0.2, -0.15) is 0 Å². The van der Waals surface area contributed by atoms with Crippen molar-refractivity contribution < 1.29 is 15.3 Å². The summed E-state index contributed by atoms with van der Waals surface area (Å²) in [6.45, 7) is 0.469. The number of hydrogen-bond donors (Lipinski definition) is 3. The first-order valence-electron chi connectivity index (χ1n) is 13.5. The van der Waals surface area contributed by atoms with Crippen LogP contribution in [0.4, 0.5) is 0 Å². The molecule has 0 atom stereocenters. The van der Waals surface area contributed by atoms with Gasteiger partial charge in [-0.3, -0.25) is 0 Å². The third kappa shape index (κ3) is 4.64. The van der Waals surface area contributed by atoms with E-state index in [2.05, 4.69) is 0 Å². The zero-order valence-corrected chi connectivity index (χ0v) is 19.1. The van der Waals surface area contributed by atoms with E-state index in [0.29, 0.717) is 23.9 Å². The lowest BCUT2D eigenvalue weighted by Crippen LogP contribution is -2.48. The number of aliphatic hydroxyl groups excluding tert-OH is 3. The van der Waals surface area contributed by atoms with Gasteiger partial charge in [0.2, 0.25) is 0 Å². The molecule has 0 saturated heterocycles. The van der Waals surface area contributed by atoms with Crippen LogP contribution in [0.25, 0.3) is 0 Å². The fraction of sp³-hybridized carbons (Fsp3) is 1.00. The van der Waals surface area contributed by atoms with Crippen LogP contribution in [-0.2, 0) is 0 Å². The van der Waals surface area contributed by atoms with Gasteiger partial charge in [0.1, 0.15) is 0 Å². The first-order chi connectivity index (χ1) is 14.5. The Labute approximate surface area is 184 Å². The molecule has 3 heteroatoms. The van der Waals surface area contributed by atoms with Gasteiger partial charge >= 0.3 is 0 Å². The summed E-state index contributed by atoms with van der Waals surface area (Å²) in [7, 11) is 0. The summed E-state index contributed by atoms with van der Waals surface area (Å²) < 4.78 is 0. The van der Waals surface area contributed by atoms with Crippen molar-refractivity contribution in [2.45, 2.75) is 115 Å². The largest absolute Gasteiger partial charge is 0.396 e. The Morgan fingerprint density at radius 1 is 0.567 bits per heavy atom. The molecule has 0 aromatic heterocycles. The SMILES string of the molecule is OC1C2CC3CC(C2)CC1C3.OC1CCCCC1.OCC12CC3CC(CC(C3)C1)C2. The fourth-order valence-electron chi connectivity index (χ4n) is 9.46. The van der Waals surface area contributed by atoms with Gasteiger partial charge in [-0.05, 0) is 130 Å². The average Bonchev–Trinajstić information content (AvgIpc) is 2.72. The molecule has 9 saturated carbocycles. The predicted molar refractivity (Wildman–Crippen MR) is 120 cm³/mol. The molecule has 0 radical (unpaired) electrons. The van der Waals surface area contributed by atoms with Gasteiger partial charge in [-0.15, -0.1) is 0 Å². The zero-order chi connectivity index (χ0) is 20.7. The molecule has 0 aliphatic heterocycles. The minimum absolute atomic E-state index is 0.0359. The lowest BCUT2D eigenvalue weighted by Gasteiger charge is -2.56. The molecule has 0 spiro atoms. The van der Waals surface area contributed by atoms with Crippen LogP contribution < -0.4 is 0 Å². The van der Waals surface area contributed by atoms with E-state index in [0.717, 1.165) is 42.4 Å². The molecule has 8 bridgehead atoms. The molecule has 0 aromatic rings. The summed E-state index contributed by atoms with van der Waals surface area (Å²) >= 11 is 0. The van der Waals surface area contributed by atoms with E-state index in [1.54, 1.807) is 0 Å². The summed E-state index contributed by atoms with van der Waals surface area (Å²) in [5.74, 6) is 6.37. The Kier molecular flexibility index (Phi) is 6.53. The summed E-state index contributed by atoms with van der Waals surface area (Å²) in [4.78, 5) is 0. The highest BCUT2D eigenvalue weighted by Crippen LogP contribution is 2.59. The van der Waals surface area contributed by atoms with Crippen molar-refractivity contribution in [3.8, 4) is 0 Å². The van der Waals surface area contributed by atoms with Gasteiger partial charge < -0.3 is 15.3 Å². The Morgan fingerprint density at radius 2 is 1.00 bits per heavy atom. The third-order valence-corrected chi connectivity index (χ3v) is 10.3. The Balaban J connectivity index is 0.000000100. The van der Waals surface area contributed by atoms with Crippen LogP contribution in [0.3, 0.4) is 0 Å². The van der Waals surface area contributed by atoms with Crippen LogP contribution in [0, 0.1) is 46.8 Å². The first-order valence-corrected chi connectivity index (χ1v) is 13.5. The highest BCUT2D eigenvalue weighted by molar-refractivity contribution is 5.01. The van der Waals surface area contributed by atoms with Crippen LogP contribution in [0.2, 0.25) is 0 Å². The molecule has 9 aliphatic rings. The van der Waals surface area contributed by atoms with Crippen LogP contribution in [-0.4, -0.2) is 34.1 Å². The van der Waals surface area contributed by atoms with E-state index >= 15 is 0 Å². The summed E-state index contributed by atoms with van der Waals surface area (Å²) in [5.41, 5.74) is 0.398. The van der Waals surface area contributed by atoms with E-state index in [9.17, 15) is 10.2 Å². The molecule has 3 N–H and O–H groups in total. The maximum absolute atomic E-state index is 9.83. The maximum atomic E-state index is 9.83. The second-order valence-corrected chi connectivity index (χ2v) is 12.8. The topological polar surface area (TPSA) is 60.7 Å². The summed E-state index contributed by atoms with van der Waals surface area (Å²) in [6, 6.07) is 0. The van der Waals surface area contributed by atoms with Crippen molar-refractivity contribution in [2.75, 3.05) is 6.61 Å². The number of aliphatic hydroxyl groups is 3. The minimum atomic E-state index is 0.0359. The van der Waals surface area contributed by atoms with E-state index < -0.39 is 0 Å². The first kappa shape index (κ1) is 21.7. The molecule has 0 aromatic carbocycles. The molecule has 0 unspecified atom stereocenters. The molecule has 0 heterocycles. The van der Waals surface area contributed by atoms with E-state index in [1.165, 1.54) is 89.9 Å². The van der Waals surface area contributed by atoms with Crippen molar-refractivity contribution in [1.82, 2.24) is 0 Å². The van der Waals surface area contributed by atoms with E-state index in [4.69, 9.17) is 5.11 Å². The second-order valence-electron chi connectivity index (χ2n) is 12.8. The summed E-state index contributed by atoms with van der Waals surface area (Å²) in [5, 5.41) is 28.2. The quantitative estimate of drug-likeness (QED) is 0.541. The zero-order valence-electron chi connectivity index (χ0n) is 19.1. The van der Waals surface area contributed by atoms with Gasteiger partial charge in [-0.25, -0.2) is 0 Å². The van der Waals surface area contributed by atoms with Gasteiger partial charge in [0.15, 0.2) is 0 Å². The van der Waals surface area contributed by atoms with Gasteiger partial charge in [0.05, 0.1) is 12.2 Å². The molecule has 0 amide bonds. The smallest absolute Gasteiger partial charge is 0.0596 e. The predicted octanol–water partition coefficient (Wildman–Crippen LogP) is 5.31. The molecular weight excluding hydrogens is 372 g/mol. The number of hydrogen-bond acceptors (Lipinski definition) is 3. The highest BCUT2D eigenvalue weighted by atomic mass is 16.3. The minimum Gasteiger partial charge on any atom is -0.396 e. The van der Waals surface area contributed by atoms with E-state index in [-0.39, 0.29) is 12.2 Å². The van der Waals surface area contributed by atoms with Crippen molar-refractivity contribution in [3.05, 3.63) is 0 Å². The monoisotopic (exact) mass is 418 g/mol. The Hall–Kier alpha value is -0.120. The highest BCUT2D eigenvalue weighted by Gasteiger charge is 2.50. The van der Waals surface area contributed by atoms with Crippen LogP contribution in [0.15, 0.2) is 0 Å². The Bertz CT molecular complexity index is 503. The maximum Gasteiger partial charge on any atom is 0.0596 e. The van der Waals surface area contributed by atoms with Gasteiger partial charge in [0.25, 0.3) is 0 Å². The lowest BCUT2D eigenvalue weighted by molar-refractivity contribution is -0.0919.